The van der Waals surface area contributed by atoms with E-state index in [0.717, 1.165) is 12.1 Å². The van der Waals surface area contributed by atoms with E-state index < -0.39 is 17.5 Å². The number of hydrogen-bond donors (Lipinski definition) is 0. The smallest absolute Gasteiger partial charge is 0.416 e. The largest absolute Gasteiger partial charge is 0.493 e. The maximum absolute atomic E-state index is 12.6. The normalized spacial score (nSPS) is 11.4. The Kier molecular flexibility index (Phi) is 3.52. The van der Waals surface area contributed by atoms with E-state index in [9.17, 15) is 18.0 Å². The molecular weight excluding hydrogens is 273 g/mol. The molecule has 1 aromatic heterocycles. The third-order valence-electron chi connectivity index (χ3n) is 2.79. The van der Waals surface area contributed by atoms with E-state index in [2.05, 4.69) is 5.10 Å². The second kappa shape index (κ2) is 4.99. The van der Waals surface area contributed by atoms with E-state index in [-0.39, 0.29) is 17.0 Å². The van der Waals surface area contributed by atoms with Gasteiger partial charge in [-0.1, -0.05) is 12.1 Å². The number of aromatic nitrogens is 2. The van der Waals surface area contributed by atoms with Crippen LogP contribution in [0.2, 0.25) is 0 Å². The number of ketones is 1. The highest BCUT2D eigenvalue weighted by molar-refractivity contribution is 6.09. The molecule has 20 heavy (non-hydrogen) atoms. The highest BCUT2D eigenvalue weighted by Gasteiger charge is 2.31. The van der Waals surface area contributed by atoms with Gasteiger partial charge in [-0.15, -0.1) is 0 Å². The lowest BCUT2D eigenvalue weighted by molar-refractivity contribution is -0.137. The molecule has 0 aliphatic heterocycles. The Hall–Kier alpha value is -2.31. The standard InChI is InChI=1S/C13H11F3N2O2/c1-18-11(10(20-2)7-17-18)12(19)8-4-3-5-9(6-8)13(14,15)16/h3-7H,1-2H3. The molecule has 106 valence electrons. The number of ether oxygens (including phenoxy) is 1. The minimum Gasteiger partial charge on any atom is -0.493 e. The molecule has 0 aliphatic rings. The average molecular weight is 284 g/mol. The molecule has 0 radical (unpaired) electrons. The minimum absolute atomic E-state index is 0.0678. The number of aryl methyl sites for hydroxylation is 1. The fourth-order valence-corrected chi connectivity index (χ4v) is 1.80. The van der Waals surface area contributed by atoms with Crippen molar-refractivity contribution in [2.24, 2.45) is 7.05 Å². The summed E-state index contributed by atoms with van der Waals surface area (Å²) < 4.78 is 44.2. The first-order valence-electron chi connectivity index (χ1n) is 5.62. The monoisotopic (exact) mass is 284 g/mol. The lowest BCUT2D eigenvalue weighted by Crippen LogP contribution is -2.12. The molecule has 4 nitrogen and oxygen atoms in total. The van der Waals surface area contributed by atoms with Crippen molar-refractivity contribution >= 4 is 5.78 Å². The molecule has 0 N–H and O–H groups in total. The minimum atomic E-state index is -4.49. The van der Waals surface area contributed by atoms with Crippen LogP contribution in [0.3, 0.4) is 0 Å². The Morgan fingerprint density at radius 2 is 2.05 bits per heavy atom. The number of nitrogens with zero attached hydrogens (tertiary/aromatic N) is 2. The van der Waals surface area contributed by atoms with Crippen LogP contribution in [0.4, 0.5) is 13.2 Å². The molecule has 1 aromatic carbocycles. The first-order valence-corrected chi connectivity index (χ1v) is 5.62. The highest BCUT2D eigenvalue weighted by atomic mass is 19.4. The van der Waals surface area contributed by atoms with Crippen LogP contribution in [0.5, 0.6) is 5.75 Å². The Labute approximate surface area is 112 Å². The lowest BCUT2D eigenvalue weighted by atomic mass is 10.0. The van der Waals surface area contributed by atoms with Gasteiger partial charge in [-0.2, -0.15) is 18.3 Å². The fourth-order valence-electron chi connectivity index (χ4n) is 1.80. The van der Waals surface area contributed by atoms with Gasteiger partial charge in [0.15, 0.2) is 11.4 Å². The molecule has 0 saturated heterocycles. The van der Waals surface area contributed by atoms with E-state index in [1.54, 1.807) is 0 Å². The van der Waals surface area contributed by atoms with Crippen molar-refractivity contribution in [1.29, 1.82) is 0 Å². The number of halogens is 3. The Bertz CT molecular complexity index is 647. The molecule has 0 bridgehead atoms. The predicted molar refractivity (Wildman–Crippen MR) is 64.6 cm³/mol. The summed E-state index contributed by atoms with van der Waals surface area (Å²) in [5.41, 5.74) is -0.835. The Balaban J connectivity index is 2.46. The van der Waals surface area contributed by atoms with Crippen molar-refractivity contribution in [3.63, 3.8) is 0 Å². The van der Waals surface area contributed by atoms with Gasteiger partial charge < -0.3 is 4.74 Å². The first-order chi connectivity index (χ1) is 9.34. The summed E-state index contributed by atoms with van der Waals surface area (Å²) in [6, 6.07) is 4.24. The van der Waals surface area contributed by atoms with Crippen molar-refractivity contribution in [3.05, 3.63) is 47.3 Å². The molecule has 0 saturated carbocycles. The van der Waals surface area contributed by atoms with Crippen LogP contribution in [0.25, 0.3) is 0 Å². The summed E-state index contributed by atoms with van der Waals surface area (Å²) in [4.78, 5) is 12.3. The molecular formula is C13H11F3N2O2. The van der Waals surface area contributed by atoms with Gasteiger partial charge in [0.25, 0.3) is 0 Å². The summed E-state index contributed by atoms with van der Waals surface area (Å²) in [7, 11) is 2.88. The van der Waals surface area contributed by atoms with Crippen LogP contribution in [-0.4, -0.2) is 22.7 Å². The number of carbonyl (C=O) groups excluding carboxylic acids is 1. The van der Waals surface area contributed by atoms with Crippen molar-refractivity contribution < 1.29 is 22.7 Å². The molecule has 1 heterocycles. The van der Waals surface area contributed by atoms with Gasteiger partial charge >= 0.3 is 6.18 Å². The van der Waals surface area contributed by atoms with E-state index >= 15 is 0 Å². The molecule has 0 atom stereocenters. The molecule has 0 spiro atoms. The van der Waals surface area contributed by atoms with Gasteiger partial charge in [-0.05, 0) is 12.1 Å². The average Bonchev–Trinajstić information content (AvgIpc) is 2.78. The SMILES string of the molecule is COc1cnn(C)c1C(=O)c1cccc(C(F)(F)F)c1. The quantitative estimate of drug-likeness (QED) is 0.814. The van der Waals surface area contributed by atoms with Crippen molar-refractivity contribution in [3.8, 4) is 5.75 Å². The van der Waals surface area contributed by atoms with Crippen molar-refractivity contribution in [1.82, 2.24) is 9.78 Å². The second-order valence-electron chi connectivity index (χ2n) is 4.09. The summed E-state index contributed by atoms with van der Waals surface area (Å²) in [5, 5.41) is 3.85. The number of hydrogen-bond acceptors (Lipinski definition) is 3. The molecule has 2 rings (SSSR count). The number of alkyl halides is 3. The Morgan fingerprint density at radius 1 is 1.35 bits per heavy atom. The molecule has 0 aliphatic carbocycles. The van der Waals surface area contributed by atoms with Crippen LogP contribution in [0.1, 0.15) is 21.6 Å². The Morgan fingerprint density at radius 3 is 2.65 bits per heavy atom. The zero-order valence-electron chi connectivity index (χ0n) is 10.7. The molecule has 0 fully saturated rings. The summed E-state index contributed by atoms with van der Waals surface area (Å²) in [5.74, 6) is -0.358. The van der Waals surface area contributed by atoms with Crippen LogP contribution >= 0.6 is 0 Å². The van der Waals surface area contributed by atoms with Crippen LogP contribution < -0.4 is 4.74 Å². The van der Waals surface area contributed by atoms with Crippen LogP contribution in [-0.2, 0) is 13.2 Å². The summed E-state index contributed by atoms with van der Waals surface area (Å²) in [6.07, 6.45) is -3.16. The third kappa shape index (κ3) is 2.52. The van der Waals surface area contributed by atoms with E-state index in [1.807, 2.05) is 0 Å². The number of methoxy groups -OCH3 is 1. The zero-order valence-corrected chi connectivity index (χ0v) is 10.7. The second-order valence-corrected chi connectivity index (χ2v) is 4.09. The van der Waals surface area contributed by atoms with Crippen molar-refractivity contribution in [2.45, 2.75) is 6.18 Å². The van der Waals surface area contributed by atoms with Gasteiger partial charge in [-0.3, -0.25) is 9.48 Å². The first kappa shape index (κ1) is 14.1. The lowest BCUT2D eigenvalue weighted by Gasteiger charge is -2.09. The maximum atomic E-state index is 12.6. The van der Waals surface area contributed by atoms with Gasteiger partial charge in [0.1, 0.15) is 0 Å². The topological polar surface area (TPSA) is 44.1 Å². The number of benzene rings is 1. The van der Waals surface area contributed by atoms with Crippen molar-refractivity contribution in [2.75, 3.05) is 7.11 Å². The summed E-state index contributed by atoms with van der Waals surface area (Å²) in [6.45, 7) is 0. The molecule has 2 aromatic rings. The molecule has 0 amide bonds. The van der Waals surface area contributed by atoms with Crippen LogP contribution in [0, 0.1) is 0 Å². The number of carbonyl (C=O) groups is 1. The fraction of sp³-hybridized carbons (Fsp3) is 0.231. The maximum Gasteiger partial charge on any atom is 0.416 e. The van der Waals surface area contributed by atoms with E-state index in [0.29, 0.717) is 0 Å². The highest BCUT2D eigenvalue weighted by Crippen LogP contribution is 2.30. The van der Waals surface area contributed by atoms with Crippen LogP contribution in [0.15, 0.2) is 30.5 Å². The van der Waals surface area contributed by atoms with Gasteiger partial charge in [0.2, 0.25) is 5.78 Å². The predicted octanol–water partition coefficient (Wildman–Crippen LogP) is 2.68. The molecule has 0 unspecified atom stereocenters. The number of rotatable bonds is 3. The summed E-state index contributed by atoms with van der Waals surface area (Å²) >= 11 is 0. The van der Waals surface area contributed by atoms with Gasteiger partial charge in [0, 0.05) is 12.6 Å². The van der Waals surface area contributed by atoms with Gasteiger partial charge in [0.05, 0.1) is 18.9 Å². The zero-order chi connectivity index (χ0) is 14.9. The third-order valence-corrected chi connectivity index (χ3v) is 2.79. The van der Waals surface area contributed by atoms with E-state index in [4.69, 9.17) is 4.74 Å². The van der Waals surface area contributed by atoms with Gasteiger partial charge in [-0.25, -0.2) is 0 Å². The molecule has 7 heteroatoms. The van der Waals surface area contributed by atoms with E-state index in [1.165, 1.54) is 37.2 Å².